The molecule has 2 aromatic rings. The lowest BCUT2D eigenvalue weighted by Gasteiger charge is -2.19. The molecule has 0 amide bonds. The minimum atomic E-state index is -5.72. The summed E-state index contributed by atoms with van der Waals surface area (Å²) >= 11 is 0. The van der Waals surface area contributed by atoms with Gasteiger partial charge in [0, 0.05) is 12.6 Å². The highest BCUT2D eigenvalue weighted by Crippen LogP contribution is 2.66. The third-order valence-corrected chi connectivity index (χ3v) is 9.37. The fraction of sp³-hybridized carbons (Fsp3) is 0.500. The summed E-state index contributed by atoms with van der Waals surface area (Å²) < 4.78 is 58.0. The van der Waals surface area contributed by atoms with Crippen LogP contribution in [0, 0.1) is 0 Å². The molecule has 6 N–H and O–H groups in total. The first-order chi connectivity index (χ1) is 18.5. The lowest BCUT2D eigenvalue weighted by molar-refractivity contribution is -0.0452. The van der Waals surface area contributed by atoms with Crippen LogP contribution < -0.4 is 11.2 Å². The number of rotatable bonds is 13. The van der Waals surface area contributed by atoms with Crippen molar-refractivity contribution in [1.82, 2.24) is 9.55 Å². The highest BCUT2D eigenvalue weighted by molar-refractivity contribution is 7.66. The second kappa shape index (κ2) is 13.0. The molecule has 1 aliphatic heterocycles. The Labute approximate surface area is 226 Å². The number of H-pyrrole nitrogens is 1. The van der Waals surface area contributed by atoms with E-state index in [4.69, 9.17) is 19.3 Å². The molecule has 3 rings (SSSR count). The Hall–Kier alpha value is -1.81. The van der Waals surface area contributed by atoms with E-state index in [1.165, 1.54) is 6.20 Å². The van der Waals surface area contributed by atoms with Gasteiger partial charge in [0.1, 0.15) is 12.3 Å². The lowest BCUT2D eigenvalue weighted by Crippen LogP contribution is -2.34. The Morgan fingerprint density at radius 1 is 1.02 bits per heavy atom. The van der Waals surface area contributed by atoms with Crippen molar-refractivity contribution in [2.24, 2.45) is 0 Å². The molecule has 0 aliphatic carbocycles. The maximum Gasteiger partial charge on any atom is 0.490 e. The first-order valence-corrected chi connectivity index (χ1v) is 16.1. The molecular formula is C20H29N2O15P3. The van der Waals surface area contributed by atoms with E-state index in [2.05, 4.69) is 18.1 Å². The van der Waals surface area contributed by atoms with Crippen LogP contribution in [0.4, 0.5) is 0 Å². The van der Waals surface area contributed by atoms with Gasteiger partial charge in [0.15, 0.2) is 0 Å². The summed E-state index contributed by atoms with van der Waals surface area (Å²) in [6.07, 6.45) is -2.92. The zero-order chi connectivity index (χ0) is 29.9. The molecule has 224 valence electrons. The number of hydrogen-bond donors (Lipinski definition) is 6. The Morgan fingerprint density at radius 3 is 2.33 bits per heavy atom. The fourth-order valence-corrected chi connectivity index (χ4v) is 6.88. The topological polar surface area (TPSA) is 253 Å². The van der Waals surface area contributed by atoms with Crippen molar-refractivity contribution >= 4 is 23.5 Å². The number of aliphatic hydroxyl groups is 1. The SMILES string of the molecule is CC(C)c1ccccc1COCc1cn([C@H]2C[C@H](O)[C@@H](COP(=O)(O)OP(=O)(O)OP(=O)(O)O)O2)c(=O)[nH]c1=O. The van der Waals surface area contributed by atoms with Gasteiger partial charge in [-0.15, -0.1) is 0 Å². The first-order valence-electron chi connectivity index (χ1n) is 11.6. The van der Waals surface area contributed by atoms with Crippen LogP contribution in [0.25, 0.3) is 0 Å². The van der Waals surface area contributed by atoms with Crippen molar-refractivity contribution in [1.29, 1.82) is 0 Å². The predicted molar refractivity (Wildman–Crippen MR) is 135 cm³/mol. The summed E-state index contributed by atoms with van der Waals surface area (Å²) in [7, 11) is -16.7. The molecule has 40 heavy (non-hydrogen) atoms. The van der Waals surface area contributed by atoms with Crippen LogP contribution in [0.15, 0.2) is 40.1 Å². The summed E-state index contributed by atoms with van der Waals surface area (Å²) in [5.41, 5.74) is 0.530. The molecule has 0 saturated carbocycles. The van der Waals surface area contributed by atoms with Gasteiger partial charge in [-0.2, -0.15) is 8.62 Å². The summed E-state index contributed by atoms with van der Waals surface area (Å²) in [4.78, 5) is 62.8. The molecule has 0 radical (unpaired) electrons. The molecule has 0 bridgehead atoms. The number of nitrogens with zero attached hydrogens (tertiary/aromatic N) is 1. The second-order valence-electron chi connectivity index (χ2n) is 8.99. The summed E-state index contributed by atoms with van der Waals surface area (Å²) in [5, 5.41) is 10.3. The van der Waals surface area contributed by atoms with Crippen molar-refractivity contribution < 1.29 is 61.0 Å². The van der Waals surface area contributed by atoms with Gasteiger partial charge in [0.2, 0.25) is 0 Å². The van der Waals surface area contributed by atoms with Gasteiger partial charge in [-0.3, -0.25) is 18.9 Å². The third-order valence-electron chi connectivity index (χ3n) is 5.57. The normalized spacial score (nSPS) is 22.8. The molecule has 1 aliphatic rings. The maximum atomic E-state index is 12.4. The molecule has 17 nitrogen and oxygen atoms in total. The van der Waals surface area contributed by atoms with Gasteiger partial charge in [0.05, 0.1) is 31.5 Å². The largest absolute Gasteiger partial charge is 0.490 e. The number of aromatic nitrogens is 2. The van der Waals surface area contributed by atoms with Crippen LogP contribution in [0.5, 0.6) is 0 Å². The summed E-state index contributed by atoms with van der Waals surface area (Å²) in [6, 6.07) is 7.64. The third kappa shape index (κ3) is 9.36. The van der Waals surface area contributed by atoms with E-state index in [0.717, 1.165) is 15.7 Å². The minimum absolute atomic E-state index is 0.0800. The Kier molecular flexibility index (Phi) is 10.6. The number of benzene rings is 1. The molecule has 1 fully saturated rings. The number of aromatic amines is 1. The molecule has 0 spiro atoms. The molecule has 1 saturated heterocycles. The molecule has 2 heterocycles. The number of hydrogen-bond acceptors (Lipinski definition) is 11. The van der Waals surface area contributed by atoms with E-state index in [1.807, 2.05) is 38.1 Å². The van der Waals surface area contributed by atoms with Crippen LogP contribution in [-0.2, 0) is 49.5 Å². The highest BCUT2D eigenvalue weighted by atomic mass is 31.3. The highest BCUT2D eigenvalue weighted by Gasteiger charge is 2.43. The standard InChI is InChI=1S/C20H29N2O15P3/c1-12(2)15-6-4-3-5-13(15)9-33-10-14-8-22(20(25)21-19(14)24)18-7-16(23)17(35-18)11-34-39(29,30)37-40(31,32)36-38(26,27)28/h3-6,8,12,16-18,23H,7,9-11H2,1-2H3,(H,29,30)(H,31,32)(H,21,24,25)(H2,26,27,28)/t16-,17+,18+/m0/s1. The van der Waals surface area contributed by atoms with Crippen molar-refractivity contribution in [2.75, 3.05) is 6.61 Å². The second-order valence-corrected chi connectivity index (χ2v) is 13.4. The first kappa shape index (κ1) is 32.7. The van der Waals surface area contributed by atoms with Crippen molar-refractivity contribution in [3.8, 4) is 0 Å². The molecule has 1 aromatic carbocycles. The van der Waals surface area contributed by atoms with Crippen molar-refractivity contribution in [3.63, 3.8) is 0 Å². The van der Waals surface area contributed by atoms with E-state index in [0.29, 0.717) is 0 Å². The minimum Gasteiger partial charge on any atom is -0.390 e. The van der Waals surface area contributed by atoms with Crippen LogP contribution in [0.3, 0.4) is 0 Å². The molecular weight excluding hydrogens is 601 g/mol. The number of nitrogens with one attached hydrogen (secondary N) is 1. The van der Waals surface area contributed by atoms with Gasteiger partial charge in [-0.1, -0.05) is 38.1 Å². The van der Waals surface area contributed by atoms with Crippen LogP contribution >= 0.6 is 23.5 Å². The summed E-state index contributed by atoms with van der Waals surface area (Å²) in [5.74, 6) is 0.250. The molecule has 1 aromatic heterocycles. The fourth-order valence-electron chi connectivity index (χ4n) is 3.85. The van der Waals surface area contributed by atoms with E-state index in [1.54, 1.807) is 0 Å². The van der Waals surface area contributed by atoms with Gasteiger partial charge >= 0.3 is 29.2 Å². The van der Waals surface area contributed by atoms with Crippen molar-refractivity contribution in [3.05, 3.63) is 68.0 Å². The zero-order valence-corrected chi connectivity index (χ0v) is 23.8. The quantitative estimate of drug-likeness (QED) is 0.171. The number of ether oxygens (including phenoxy) is 2. The monoisotopic (exact) mass is 630 g/mol. The Morgan fingerprint density at radius 2 is 1.68 bits per heavy atom. The average molecular weight is 630 g/mol. The summed E-state index contributed by atoms with van der Waals surface area (Å²) in [6.45, 7) is 3.20. The van der Waals surface area contributed by atoms with E-state index in [9.17, 15) is 38.2 Å². The Bertz CT molecular complexity index is 1450. The predicted octanol–water partition coefficient (Wildman–Crippen LogP) is 1.37. The molecule has 5 atom stereocenters. The lowest BCUT2D eigenvalue weighted by atomic mass is 9.98. The van der Waals surface area contributed by atoms with Gasteiger partial charge in [-0.05, 0) is 17.0 Å². The van der Waals surface area contributed by atoms with Crippen LogP contribution in [-0.4, -0.2) is 53.0 Å². The van der Waals surface area contributed by atoms with Gasteiger partial charge < -0.3 is 34.2 Å². The smallest absolute Gasteiger partial charge is 0.390 e. The van der Waals surface area contributed by atoms with Gasteiger partial charge in [-0.25, -0.2) is 18.5 Å². The number of phosphoric acid groups is 3. The van der Waals surface area contributed by atoms with Crippen molar-refractivity contribution in [2.45, 2.75) is 57.8 Å². The van der Waals surface area contributed by atoms with E-state index < -0.39 is 59.8 Å². The van der Waals surface area contributed by atoms with E-state index >= 15 is 0 Å². The molecule has 2 unspecified atom stereocenters. The number of phosphoric ester groups is 1. The molecule has 20 heteroatoms. The maximum absolute atomic E-state index is 12.4. The average Bonchev–Trinajstić information content (AvgIpc) is 3.17. The van der Waals surface area contributed by atoms with Crippen LogP contribution in [0.1, 0.15) is 49.1 Å². The van der Waals surface area contributed by atoms with Crippen LogP contribution in [0.2, 0.25) is 0 Å². The number of aliphatic hydroxyl groups excluding tert-OH is 1. The van der Waals surface area contributed by atoms with E-state index in [-0.39, 0.29) is 31.1 Å². The Balaban J connectivity index is 1.64. The van der Waals surface area contributed by atoms with Gasteiger partial charge in [0.25, 0.3) is 5.56 Å². The zero-order valence-electron chi connectivity index (χ0n) is 21.1.